The van der Waals surface area contributed by atoms with Gasteiger partial charge >= 0.3 is 0 Å². The molecule has 0 saturated heterocycles. The third kappa shape index (κ3) is 3.96. The van der Waals surface area contributed by atoms with Gasteiger partial charge in [-0.25, -0.2) is 0 Å². The van der Waals surface area contributed by atoms with Crippen LogP contribution in [0.15, 0.2) is 22.7 Å². The molecular formula is C16H24BrNO. The van der Waals surface area contributed by atoms with Gasteiger partial charge < -0.3 is 10.5 Å². The molecule has 0 unspecified atom stereocenters. The maximum absolute atomic E-state index is 6.13. The Hall–Kier alpha value is -0.540. The first-order chi connectivity index (χ1) is 8.87. The highest BCUT2D eigenvalue weighted by molar-refractivity contribution is 9.10. The molecule has 0 radical (unpaired) electrons. The Morgan fingerprint density at radius 2 is 1.95 bits per heavy atom. The minimum atomic E-state index is 0.0563. The van der Waals surface area contributed by atoms with Crippen molar-refractivity contribution in [3.63, 3.8) is 0 Å². The molecule has 1 atom stereocenters. The van der Waals surface area contributed by atoms with Crippen LogP contribution in [0.1, 0.15) is 58.1 Å². The van der Waals surface area contributed by atoms with Gasteiger partial charge in [-0.1, -0.05) is 19.9 Å². The first kappa shape index (κ1) is 14.9. The number of ether oxygens (including phenoxy) is 1. The van der Waals surface area contributed by atoms with Crippen molar-refractivity contribution in [1.82, 2.24) is 0 Å². The highest BCUT2D eigenvalue weighted by Crippen LogP contribution is 2.38. The molecule has 1 fully saturated rings. The first-order valence-electron chi connectivity index (χ1n) is 7.09. The predicted octanol–water partition coefficient (Wildman–Crippen LogP) is 4.82. The molecule has 2 rings (SSSR count). The van der Waals surface area contributed by atoms with Crippen molar-refractivity contribution in [3.8, 4) is 5.75 Å². The number of nitrogens with two attached hydrogens (primary N) is 1. The summed E-state index contributed by atoms with van der Waals surface area (Å²) >= 11 is 3.58. The van der Waals surface area contributed by atoms with Crippen molar-refractivity contribution < 1.29 is 4.74 Å². The summed E-state index contributed by atoms with van der Waals surface area (Å²) in [4.78, 5) is 0. The fourth-order valence-electron chi connectivity index (χ4n) is 2.57. The van der Waals surface area contributed by atoms with Crippen molar-refractivity contribution in [2.24, 2.45) is 11.1 Å². The van der Waals surface area contributed by atoms with E-state index >= 15 is 0 Å². The van der Waals surface area contributed by atoms with E-state index in [0.717, 1.165) is 28.6 Å². The number of benzene rings is 1. The molecule has 0 bridgehead atoms. The highest BCUT2D eigenvalue weighted by Gasteiger charge is 2.28. The van der Waals surface area contributed by atoms with Crippen LogP contribution in [0.5, 0.6) is 5.75 Å². The zero-order valence-electron chi connectivity index (χ0n) is 12.1. The van der Waals surface area contributed by atoms with Gasteiger partial charge in [0.05, 0.1) is 10.6 Å². The molecule has 0 amide bonds. The van der Waals surface area contributed by atoms with E-state index in [0.29, 0.717) is 11.5 Å². The zero-order valence-corrected chi connectivity index (χ0v) is 13.7. The van der Waals surface area contributed by atoms with Crippen molar-refractivity contribution in [3.05, 3.63) is 28.2 Å². The molecule has 0 aromatic heterocycles. The second-order valence-electron chi connectivity index (χ2n) is 6.46. The van der Waals surface area contributed by atoms with E-state index in [2.05, 4.69) is 41.9 Å². The van der Waals surface area contributed by atoms with E-state index in [-0.39, 0.29) is 6.04 Å². The maximum atomic E-state index is 6.13. The quantitative estimate of drug-likeness (QED) is 0.864. The summed E-state index contributed by atoms with van der Waals surface area (Å²) in [5.41, 5.74) is 7.50. The summed E-state index contributed by atoms with van der Waals surface area (Å²) in [6.45, 7) is 6.68. The Bertz CT molecular complexity index is 432. The van der Waals surface area contributed by atoms with Crippen LogP contribution in [0.4, 0.5) is 0 Å². The molecule has 1 aliphatic rings. The van der Waals surface area contributed by atoms with Crippen LogP contribution in [0.25, 0.3) is 0 Å². The lowest BCUT2D eigenvalue weighted by atomic mass is 9.76. The summed E-state index contributed by atoms with van der Waals surface area (Å²) in [6, 6.07) is 6.20. The Labute approximate surface area is 124 Å². The molecule has 2 nitrogen and oxygen atoms in total. The van der Waals surface area contributed by atoms with Crippen molar-refractivity contribution in [2.75, 3.05) is 0 Å². The van der Waals surface area contributed by atoms with Gasteiger partial charge in [0.15, 0.2) is 0 Å². The fourth-order valence-corrected chi connectivity index (χ4v) is 3.06. The van der Waals surface area contributed by atoms with Crippen LogP contribution in [0.2, 0.25) is 0 Å². The topological polar surface area (TPSA) is 35.2 Å². The third-order valence-electron chi connectivity index (χ3n) is 4.06. The molecule has 1 aromatic carbocycles. The van der Waals surface area contributed by atoms with Gasteiger partial charge in [0.25, 0.3) is 0 Å². The van der Waals surface area contributed by atoms with Crippen molar-refractivity contribution >= 4 is 15.9 Å². The van der Waals surface area contributed by atoms with Crippen LogP contribution in [0.3, 0.4) is 0 Å². The normalized spacial score (nSPS) is 21.1. The summed E-state index contributed by atoms with van der Waals surface area (Å²) in [6.07, 6.45) is 5.13. The van der Waals surface area contributed by atoms with Crippen LogP contribution < -0.4 is 10.5 Å². The Balaban J connectivity index is 2.00. The fraction of sp³-hybridized carbons (Fsp3) is 0.625. The summed E-state index contributed by atoms with van der Waals surface area (Å²) in [7, 11) is 0. The summed E-state index contributed by atoms with van der Waals surface area (Å²) in [5.74, 6) is 0.939. The number of hydrogen-bond donors (Lipinski definition) is 1. The minimum Gasteiger partial charge on any atom is -0.489 e. The van der Waals surface area contributed by atoms with Gasteiger partial charge in [0.2, 0.25) is 0 Å². The van der Waals surface area contributed by atoms with Crippen LogP contribution in [-0.4, -0.2) is 6.10 Å². The van der Waals surface area contributed by atoms with Crippen molar-refractivity contribution in [2.45, 2.75) is 58.6 Å². The molecule has 2 N–H and O–H groups in total. The van der Waals surface area contributed by atoms with Gasteiger partial charge in [-0.3, -0.25) is 0 Å². The first-order valence-corrected chi connectivity index (χ1v) is 7.88. The monoisotopic (exact) mass is 325 g/mol. The van der Waals surface area contributed by atoms with E-state index in [1.54, 1.807) is 0 Å². The lowest BCUT2D eigenvalue weighted by Gasteiger charge is -2.34. The van der Waals surface area contributed by atoms with Gasteiger partial charge in [-0.05, 0) is 71.6 Å². The largest absolute Gasteiger partial charge is 0.489 e. The standard InChI is InChI=1S/C16H24BrNO/c1-11(18)12-4-5-15(14(17)10-12)19-13-6-8-16(2,3)9-7-13/h4-5,10-11,13H,6-9,18H2,1-3H3/t11-/m1/s1. The molecule has 1 aromatic rings. The molecule has 1 aliphatic carbocycles. The average molecular weight is 326 g/mol. The van der Waals surface area contributed by atoms with Crippen LogP contribution >= 0.6 is 15.9 Å². The van der Waals surface area contributed by atoms with Gasteiger partial charge in [0.1, 0.15) is 5.75 Å². The second-order valence-corrected chi connectivity index (χ2v) is 7.31. The molecule has 106 valence electrons. The molecule has 3 heteroatoms. The van der Waals surface area contributed by atoms with Crippen LogP contribution in [-0.2, 0) is 0 Å². The van der Waals surface area contributed by atoms with Gasteiger partial charge in [-0.15, -0.1) is 0 Å². The lowest BCUT2D eigenvalue weighted by molar-refractivity contribution is 0.0981. The van der Waals surface area contributed by atoms with E-state index < -0.39 is 0 Å². The Kier molecular flexibility index (Phi) is 4.57. The minimum absolute atomic E-state index is 0.0563. The van der Waals surface area contributed by atoms with E-state index in [1.165, 1.54) is 12.8 Å². The van der Waals surface area contributed by atoms with Crippen molar-refractivity contribution in [1.29, 1.82) is 0 Å². The van der Waals surface area contributed by atoms with Gasteiger partial charge in [0, 0.05) is 6.04 Å². The Morgan fingerprint density at radius 3 is 2.47 bits per heavy atom. The second kappa shape index (κ2) is 5.84. The third-order valence-corrected chi connectivity index (χ3v) is 4.68. The number of rotatable bonds is 3. The van der Waals surface area contributed by atoms with E-state index in [4.69, 9.17) is 10.5 Å². The van der Waals surface area contributed by atoms with Gasteiger partial charge in [-0.2, -0.15) is 0 Å². The predicted molar refractivity (Wildman–Crippen MR) is 83.4 cm³/mol. The molecule has 0 aliphatic heterocycles. The highest BCUT2D eigenvalue weighted by atomic mass is 79.9. The van der Waals surface area contributed by atoms with E-state index in [1.807, 2.05) is 13.0 Å². The average Bonchev–Trinajstić information content (AvgIpc) is 2.34. The molecule has 1 saturated carbocycles. The maximum Gasteiger partial charge on any atom is 0.133 e. The molecular weight excluding hydrogens is 302 g/mol. The summed E-state index contributed by atoms with van der Waals surface area (Å²) in [5, 5.41) is 0. The smallest absolute Gasteiger partial charge is 0.133 e. The summed E-state index contributed by atoms with van der Waals surface area (Å²) < 4.78 is 7.13. The molecule has 0 heterocycles. The lowest BCUT2D eigenvalue weighted by Crippen LogP contribution is -2.28. The van der Waals surface area contributed by atoms with E-state index in [9.17, 15) is 0 Å². The number of hydrogen-bond acceptors (Lipinski definition) is 2. The van der Waals surface area contributed by atoms with Crippen LogP contribution in [0, 0.1) is 5.41 Å². The Morgan fingerprint density at radius 1 is 1.32 bits per heavy atom. The number of halogens is 1. The molecule has 0 spiro atoms. The molecule has 19 heavy (non-hydrogen) atoms. The SMILES string of the molecule is C[C@@H](N)c1ccc(OC2CCC(C)(C)CC2)c(Br)c1. The zero-order chi connectivity index (χ0) is 14.0.